The van der Waals surface area contributed by atoms with E-state index in [2.05, 4.69) is 10.6 Å². The van der Waals surface area contributed by atoms with Gasteiger partial charge in [-0.1, -0.05) is 18.2 Å². The highest BCUT2D eigenvalue weighted by molar-refractivity contribution is 5.93. The molecule has 142 valence electrons. The van der Waals surface area contributed by atoms with Crippen molar-refractivity contribution in [1.82, 2.24) is 5.32 Å². The predicted molar refractivity (Wildman–Crippen MR) is 101 cm³/mol. The average molecular weight is 370 g/mol. The number of benzene rings is 2. The molecule has 0 aromatic heterocycles. The highest BCUT2D eigenvalue weighted by Crippen LogP contribution is 2.28. The summed E-state index contributed by atoms with van der Waals surface area (Å²) in [6, 6.07) is 12.5. The number of hydrogen-bond donors (Lipinski definition) is 3. The summed E-state index contributed by atoms with van der Waals surface area (Å²) in [4.78, 5) is 34.9. The molecule has 0 unspecified atom stereocenters. The third-order valence-corrected chi connectivity index (χ3v) is 3.78. The lowest BCUT2D eigenvalue weighted by atomic mass is 10.0. The smallest absolute Gasteiger partial charge is 0.335 e. The van der Waals surface area contributed by atoms with Gasteiger partial charge in [-0.25, -0.2) is 4.79 Å². The molecule has 2 aromatic rings. The van der Waals surface area contributed by atoms with Crippen LogP contribution in [0, 0.1) is 0 Å². The van der Waals surface area contributed by atoms with Gasteiger partial charge in [-0.3, -0.25) is 9.59 Å². The fraction of sp³-hybridized carbons (Fsp3) is 0.250. The van der Waals surface area contributed by atoms with Crippen LogP contribution >= 0.6 is 0 Å². The number of rotatable bonds is 8. The minimum atomic E-state index is -1.04. The maximum atomic E-state index is 12.4. The molecule has 0 aliphatic heterocycles. The van der Waals surface area contributed by atoms with Crippen LogP contribution in [0.3, 0.4) is 0 Å². The summed E-state index contributed by atoms with van der Waals surface area (Å²) in [5, 5.41) is 14.4. The van der Waals surface area contributed by atoms with Crippen LogP contribution in [-0.2, 0) is 9.59 Å². The van der Waals surface area contributed by atoms with Gasteiger partial charge in [0.25, 0.3) is 0 Å². The van der Waals surface area contributed by atoms with Gasteiger partial charge in [-0.15, -0.1) is 0 Å². The molecule has 0 radical (unpaired) electrons. The summed E-state index contributed by atoms with van der Waals surface area (Å²) in [5.74, 6) is -1.00. The maximum Gasteiger partial charge on any atom is 0.335 e. The Morgan fingerprint density at radius 3 is 2.33 bits per heavy atom. The van der Waals surface area contributed by atoms with Crippen molar-refractivity contribution in [2.45, 2.75) is 26.3 Å². The van der Waals surface area contributed by atoms with Crippen molar-refractivity contribution in [3.05, 3.63) is 59.7 Å². The first-order valence-electron chi connectivity index (χ1n) is 8.52. The first kappa shape index (κ1) is 20.0. The van der Waals surface area contributed by atoms with Crippen molar-refractivity contribution in [3.8, 4) is 5.75 Å². The highest BCUT2D eigenvalue weighted by Gasteiger charge is 2.20. The Kier molecular flexibility index (Phi) is 6.93. The Morgan fingerprint density at radius 1 is 1.07 bits per heavy atom. The fourth-order valence-corrected chi connectivity index (χ4v) is 2.63. The van der Waals surface area contributed by atoms with Crippen molar-refractivity contribution < 1.29 is 24.2 Å². The Bertz CT molecular complexity index is 817. The first-order chi connectivity index (χ1) is 12.9. The maximum absolute atomic E-state index is 12.4. The molecule has 7 nitrogen and oxygen atoms in total. The minimum Gasteiger partial charge on any atom is -0.494 e. The van der Waals surface area contributed by atoms with Crippen LogP contribution in [0.4, 0.5) is 5.69 Å². The van der Waals surface area contributed by atoms with Crippen LogP contribution in [0.5, 0.6) is 5.75 Å². The molecule has 27 heavy (non-hydrogen) atoms. The van der Waals surface area contributed by atoms with Crippen LogP contribution in [0.25, 0.3) is 0 Å². The zero-order valence-corrected chi connectivity index (χ0v) is 15.2. The number of carbonyl (C=O) groups is 3. The molecule has 0 spiro atoms. The summed E-state index contributed by atoms with van der Waals surface area (Å²) < 4.78 is 5.60. The summed E-state index contributed by atoms with van der Waals surface area (Å²) >= 11 is 0. The molecule has 7 heteroatoms. The lowest BCUT2D eigenvalue weighted by molar-refractivity contribution is -0.120. The zero-order valence-electron chi connectivity index (χ0n) is 15.2. The Labute approximate surface area is 157 Å². The minimum absolute atomic E-state index is 0.00432. The molecule has 0 aliphatic rings. The number of aromatic carboxylic acids is 1. The number of anilines is 1. The van der Waals surface area contributed by atoms with E-state index in [0.717, 1.165) is 0 Å². The van der Waals surface area contributed by atoms with Crippen molar-refractivity contribution >= 4 is 23.5 Å². The van der Waals surface area contributed by atoms with Gasteiger partial charge < -0.3 is 20.5 Å². The van der Waals surface area contributed by atoms with Gasteiger partial charge in [0.05, 0.1) is 24.6 Å². The number of para-hydroxylation sites is 1. The second-order valence-corrected chi connectivity index (χ2v) is 5.86. The molecule has 2 aromatic carbocycles. The van der Waals surface area contributed by atoms with Crippen molar-refractivity contribution in [2.75, 3.05) is 11.9 Å². The van der Waals surface area contributed by atoms with Gasteiger partial charge in [0.2, 0.25) is 11.8 Å². The van der Waals surface area contributed by atoms with Crippen LogP contribution < -0.4 is 15.4 Å². The second kappa shape index (κ2) is 9.38. The van der Waals surface area contributed by atoms with Gasteiger partial charge >= 0.3 is 5.97 Å². The van der Waals surface area contributed by atoms with Crippen LogP contribution in [0.15, 0.2) is 48.5 Å². The molecule has 2 rings (SSSR count). The third-order valence-electron chi connectivity index (χ3n) is 3.78. The largest absolute Gasteiger partial charge is 0.494 e. The van der Waals surface area contributed by atoms with Crippen molar-refractivity contribution in [3.63, 3.8) is 0 Å². The number of carboxylic acids is 1. The SMILES string of the molecule is CCOc1ccccc1[C@H](CC(=O)Nc1ccc(C(=O)O)cc1)NC(C)=O. The standard InChI is InChI=1S/C20H22N2O5/c1-3-27-18-7-5-4-6-16(18)17(21-13(2)23)12-19(24)22-15-10-8-14(9-11-15)20(25)26/h4-11,17H,3,12H2,1-2H3,(H,21,23)(H,22,24)(H,25,26)/t17-/m0/s1. The molecule has 0 fully saturated rings. The highest BCUT2D eigenvalue weighted by atomic mass is 16.5. The second-order valence-electron chi connectivity index (χ2n) is 5.86. The molecule has 0 aliphatic carbocycles. The molecule has 3 N–H and O–H groups in total. The molecule has 1 atom stereocenters. The summed E-state index contributed by atoms with van der Waals surface area (Å²) in [5.41, 5.74) is 1.32. The Balaban J connectivity index is 2.14. The number of hydrogen-bond acceptors (Lipinski definition) is 4. The van der Waals surface area contributed by atoms with E-state index in [4.69, 9.17) is 9.84 Å². The van der Waals surface area contributed by atoms with E-state index in [0.29, 0.717) is 23.6 Å². The first-order valence-corrected chi connectivity index (χ1v) is 8.52. The zero-order chi connectivity index (χ0) is 19.8. The summed E-state index contributed by atoms with van der Waals surface area (Å²) in [6.45, 7) is 3.71. The normalized spacial score (nSPS) is 11.3. The molecule has 0 heterocycles. The van der Waals surface area contributed by atoms with Crippen molar-refractivity contribution in [1.29, 1.82) is 0 Å². The van der Waals surface area contributed by atoms with Crippen LogP contribution in [-0.4, -0.2) is 29.5 Å². The molecule has 0 bridgehead atoms. The molecule has 0 saturated heterocycles. The number of amides is 2. The van der Waals surface area contributed by atoms with E-state index in [1.54, 1.807) is 12.1 Å². The van der Waals surface area contributed by atoms with Gasteiger partial charge in [-0.2, -0.15) is 0 Å². The van der Waals surface area contributed by atoms with Gasteiger partial charge in [0.1, 0.15) is 5.75 Å². The fourth-order valence-electron chi connectivity index (χ4n) is 2.63. The number of carboxylic acid groups (broad SMARTS) is 1. The van der Waals surface area contributed by atoms with E-state index < -0.39 is 12.0 Å². The van der Waals surface area contributed by atoms with E-state index in [9.17, 15) is 14.4 Å². The van der Waals surface area contributed by atoms with Crippen LogP contribution in [0.2, 0.25) is 0 Å². The quantitative estimate of drug-likeness (QED) is 0.663. The number of ether oxygens (including phenoxy) is 1. The van der Waals surface area contributed by atoms with E-state index in [1.165, 1.54) is 31.2 Å². The number of nitrogens with one attached hydrogen (secondary N) is 2. The lowest BCUT2D eigenvalue weighted by Crippen LogP contribution is -2.30. The molecule has 0 saturated carbocycles. The van der Waals surface area contributed by atoms with E-state index >= 15 is 0 Å². The monoisotopic (exact) mass is 370 g/mol. The van der Waals surface area contributed by atoms with E-state index in [-0.39, 0.29) is 23.8 Å². The Hall–Kier alpha value is -3.35. The van der Waals surface area contributed by atoms with Gasteiger partial charge in [-0.05, 0) is 37.3 Å². The number of carbonyl (C=O) groups excluding carboxylic acids is 2. The molecule has 2 amide bonds. The molecular formula is C20H22N2O5. The van der Waals surface area contributed by atoms with Crippen molar-refractivity contribution in [2.24, 2.45) is 0 Å². The Morgan fingerprint density at radius 2 is 1.74 bits per heavy atom. The topological polar surface area (TPSA) is 105 Å². The van der Waals surface area contributed by atoms with Crippen LogP contribution in [0.1, 0.15) is 42.2 Å². The molecular weight excluding hydrogens is 348 g/mol. The van der Waals surface area contributed by atoms with Gasteiger partial charge in [0.15, 0.2) is 0 Å². The predicted octanol–water partition coefficient (Wildman–Crippen LogP) is 2.99. The lowest BCUT2D eigenvalue weighted by Gasteiger charge is -2.21. The average Bonchev–Trinajstić information content (AvgIpc) is 2.62. The van der Waals surface area contributed by atoms with Gasteiger partial charge in [0, 0.05) is 18.2 Å². The third kappa shape index (κ3) is 5.85. The van der Waals surface area contributed by atoms with E-state index in [1.807, 2.05) is 19.1 Å². The summed E-state index contributed by atoms with van der Waals surface area (Å²) in [6.07, 6.45) is 0.00432. The summed E-state index contributed by atoms with van der Waals surface area (Å²) in [7, 11) is 0.